The molecule has 1 fully saturated rings. The Labute approximate surface area is 120 Å². The summed E-state index contributed by atoms with van der Waals surface area (Å²) in [5.74, 6) is 0. The van der Waals surface area contributed by atoms with Gasteiger partial charge in [-0.15, -0.1) is 11.3 Å². The Morgan fingerprint density at radius 3 is 2.95 bits per heavy atom. The molecule has 0 spiro atoms. The molecule has 0 saturated carbocycles. The first-order valence-corrected chi connectivity index (χ1v) is 7.80. The number of nitrogens with zero attached hydrogens (tertiary/aromatic N) is 2. The zero-order chi connectivity index (χ0) is 13.9. The first kappa shape index (κ1) is 14.9. The van der Waals surface area contributed by atoms with Crippen LogP contribution < -0.4 is 5.32 Å². The lowest BCUT2D eigenvalue weighted by Crippen LogP contribution is -2.45. The molecule has 108 valence electrons. The van der Waals surface area contributed by atoms with Crippen LogP contribution in [-0.2, 0) is 16.7 Å². The Balaban J connectivity index is 1.92. The summed E-state index contributed by atoms with van der Waals surface area (Å²) in [4.78, 5) is 7.20. The van der Waals surface area contributed by atoms with Crippen LogP contribution in [0.1, 0.15) is 31.5 Å². The highest BCUT2D eigenvalue weighted by atomic mass is 32.1. The topological polar surface area (TPSA) is 37.4 Å². The van der Waals surface area contributed by atoms with E-state index in [0.717, 1.165) is 32.8 Å². The van der Waals surface area contributed by atoms with Gasteiger partial charge in [0.2, 0.25) is 0 Å². The average molecular weight is 283 g/mol. The lowest BCUT2D eigenvalue weighted by atomic mass is 9.98. The molecule has 2 rings (SSSR count). The lowest BCUT2D eigenvalue weighted by Gasteiger charge is -2.32. The van der Waals surface area contributed by atoms with Gasteiger partial charge in [0.05, 0.1) is 23.4 Å². The predicted molar refractivity (Wildman–Crippen MR) is 79.8 cm³/mol. The van der Waals surface area contributed by atoms with Crippen LogP contribution in [-0.4, -0.2) is 49.3 Å². The average Bonchev–Trinajstić information content (AvgIpc) is 2.78. The molecule has 1 atom stereocenters. The zero-order valence-electron chi connectivity index (χ0n) is 12.4. The molecule has 5 heteroatoms. The summed E-state index contributed by atoms with van der Waals surface area (Å²) in [7, 11) is 1.97. The van der Waals surface area contributed by atoms with Gasteiger partial charge in [-0.05, 0) is 7.05 Å². The fraction of sp³-hybridized carbons (Fsp3) is 0.786. The molecule has 1 aromatic heterocycles. The van der Waals surface area contributed by atoms with Crippen LogP contribution in [0, 0.1) is 0 Å². The zero-order valence-corrected chi connectivity index (χ0v) is 13.2. The molecule has 0 aromatic carbocycles. The number of thiazole rings is 1. The maximum atomic E-state index is 5.72. The molecule has 1 aromatic rings. The second-order valence-corrected chi connectivity index (χ2v) is 7.04. The van der Waals surface area contributed by atoms with Crippen LogP contribution in [0.2, 0.25) is 0 Å². The number of morpholine rings is 1. The Morgan fingerprint density at radius 1 is 1.53 bits per heavy atom. The highest BCUT2D eigenvalue weighted by Gasteiger charge is 2.22. The molecule has 0 bridgehead atoms. The summed E-state index contributed by atoms with van der Waals surface area (Å²) >= 11 is 1.77. The Morgan fingerprint density at radius 2 is 2.32 bits per heavy atom. The largest absolute Gasteiger partial charge is 0.374 e. The minimum Gasteiger partial charge on any atom is -0.374 e. The molecule has 2 heterocycles. The van der Waals surface area contributed by atoms with Crippen molar-refractivity contribution in [2.24, 2.45) is 0 Å². The third kappa shape index (κ3) is 4.24. The molecule has 0 amide bonds. The number of hydrogen-bond donors (Lipinski definition) is 1. The van der Waals surface area contributed by atoms with Gasteiger partial charge < -0.3 is 10.1 Å². The Kier molecular flexibility index (Phi) is 4.95. The van der Waals surface area contributed by atoms with E-state index in [9.17, 15) is 0 Å². The van der Waals surface area contributed by atoms with Crippen molar-refractivity contribution < 1.29 is 4.74 Å². The van der Waals surface area contributed by atoms with Gasteiger partial charge in [0, 0.05) is 37.0 Å². The molecule has 0 radical (unpaired) electrons. The number of ether oxygens (including phenoxy) is 1. The fourth-order valence-electron chi connectivity index (χ4n) is 2.23. The van der Waals surface area contributed by atoms with E-state index in [1.54, 1.807) is 11.3 Å². The molecule has 1 N–H and O–H groups in total. The minimum atomic E-state index is 0.155. The van der Waals surface area contributed by atoms with E-state index in [-0.39, 0.29) is 5.41 Å². The number of aromatic nitrogens is 1. The fourth-order valence-corrected chi connectivity index (χ4v) is 3.13. The van der Waals surface area contributed by atoms with Crippen LogP contribution in [0.3, 0.4) is 0 Å². The van der Waals surface area contributed by atoms with Gasteiger partial charge in [0.1, 0.15) is 0 Å². The Bertz CT molecular complexity index is 398. The number of likely N-dealkylation sites (N-methyl/N-ethyl adjacent to an activating group) is 1. The number of hydrogen-bond acceptors (Lipinski definition) is 5. The summed E-state index contributed by atoms with van der Waals surface area (Å²) in [6, 6.07) is 0. The van der Waals surface area contributed by atoms with Crippen molar-refractivity contribution in [1.82, 2.24) is 15.2 Å². The van der Waals surface area contributed by atoms with E-state index in [4.69, 9.17) is 9.72 Å². The number of rotatable bonds is 4. The molecule has 1 unspecified atom stereocenters. The van der Waals surface area contributed by atoms with Crippen LogP contribution in [0.4, 0.5) is 0 Å². The molecule has 19 heavy (non-hydrogen) atoms. The van der Waals surface area contributed by atoms with Gasteiger partial charge in [-0.2, -0.15) is 0 Å². The van der Waals surface area contributed by atoms with E-state index < -0.39 is 0 Å². The second-order valence-electron chi connectivity index (χ2n) is 6.18. The smallest absolute Gasteiger partial charge is 0.0982 e. The van der Waals surface area contributed by atoms with E-state index in [1.807, 2.05) is 7.05 Å². The molecular weight excluding hydrogens is 258 g/mol. The van der Waals surface area contributed by atoms with Gasteiger partial charge in [-0.3, -0.25) is 4.90 Å². The van der Waals surface area contributed by atoms with Crippen molar-refractivity contribution in [3.8, 4) is 0 Å². The molecule has 1 aliphatic heterocycles. The SMILES string of the molecule is CNCC1CN(Cc2csc(C(C)(C)C)n2)CCO1. The van der Waals surface area contributed by atoms with Gasteiger partial charge in [0.15, 0.2) is 0 Å². The summed E-state index contributed by atoms with van der Waals surface area (Å²) in [6.07, 6.45) is 0.305. The monoisotopic (exact) mass is 283 g/mol. The second kappa shape index (κ2) is 6.31. The molecular formula is C14H25N3OS. The van der Waals surface area contributed by atoms with Gasteiger partial charge >= 0.3 is 0 Å². The van der Waals surface area contributed by atoms with Crippen LogP contribution in [0.5, 0.6) is 0 Å². The van der Waals surface area contributed by atoms with E-state index >= 15 is 0 Å². The minimum absolute atomic E-state index is 0.155. The lowest BCUT2D eigenvalue weighted by molar-refractivity contribution is -0.0294. The van der Waals surface area contributed by atoms with E-state index in [2.05, 4.69) is 36.4 Å². The molecule has 4 nitrogen and oxygen atoms in total. The number of nitrogens with one attached hydrogen (secondary N) is 1. The summed E-state index contributed by atoms with van der Waals surface area (Å²) in [5, 5.41) is 6.60. The first-order valence-electron chi connectivity index (χ1n) is 6.92. The summed E-state index contributed by atoms with van der Waals surface area (Å²) in [5.41, 5.74) is 1.35. The maximum absolute atomic E-state index is 5.72. The van der Waals surface area contributed by atoms with Crippen molar-refractivity contribution >= 4 is 11.3 Å². The van der Waals surface area contributed by atoms with Crippen LogP contribution in [0.15, 0.2) is 5.38 Å². The third-order valence-electron chi connectivity index (χ3n) is 3.23. The van der Waals surface area contributed by atoms with E-state index in [1.165, 1.54) is 10.7 Å². The van der Waals surface area contributed by atoms with Crippen molar-refractivity contribution in [3.05, 3.63) is 16.1 Å². The van der Waals surface area contributed by atoms with Crippen molar-refractivity contribution in [3.63, 3.8) is 0 Å². The summed E-state index contributed by atoms with van der Waals surface area (Å²) < 4.78 is 5.72. The van der Waals surface area contributed by atoms with Gasteiger partial charge in [-0.25, -0.2) is 4.98 Å². The maximum Gasteiger partial charge on any atom is 0.0982 e. The molecule has 0 aliphatic carbocycles. The van der Waals surface area contributed by atoms with Crippen LogP contribution in [0.25, 0.3) is 0 Å². The first-order chi connectivity index (χ1) is 8.99. The normalized spacial score (nSPS) is 21.8. The predicted octanol–water partition coefficient (Wildman–Crippen LogP) is 1.86. The van der Waals surface area contributed by atoms with Crippen molar-refractivity contribution in [1.29, 1.82) is 0 Å². The van der Waals surface area contributed by atoms with Gasteiger partial charge in [0.25, 0.3) is 0 Å². The highest BCUT2D eigenvalue weighted by molar-refractivity contribution is 7.09. The van der Waals surface area contributed by atoms with E-state index in [0.29, 0.717) is 6.10 Å². The van der Waals surface area contributed by atoms with Crippen molar-refractivity contribution in [2.75, 3.05) is 33.3 Å². The molecule has 1 aliphatic rings. The molecule has 1 saturated heterocycles. The standard InChI is InChI=1S/C14H25N3OS/c1-14(2,3)13-16-11(10-19-13)8-17-5-6-18-12(9-17)7-15-4/h10,12,15H,5-9H2,1-4H3. The Hall–Kier alpha value is -0.490. The highest BCUT2D eigenvalue weighted by Crippen LogP contribution is 2.26. The quantitative estimate of drug-likeness (QED) is 0.915. The third-order valence-corrected chi connectivity index (χ3v) is 4.55. The van der Waals surface area contributed by atoms with Crippen molar-refractivity contribution in [2.45, 2.75) is 38.8 Å². The van der Waals surface area contributed by atoms with Gasteiger partial charge in [-0.1, -0.05) is 20.8 Å². The summed E-state index contributed by atoms with van der Waals surface area (Å²) in [6.45, 7) is 11.3. The van der Waals surface area contributed by atoms with Crippen LogP contribution >= 0.6 is 11.3 Å².